The van der Waals surface area contributed by atoms with Gasteiger partial charge in [0.05, 0.1) is 22.9 Å². The van der Waals surface area contributed by atoms with E-state index in [1.54, 1.807) is 12.1 Å². The van der Waals surface area contributed by atoms with Crippen LogP contribution in [0.15, 0.2) is 54.6 Å². The first-order valence-electron chi connectivity index (χ1n) is 9.90. The monoisotopic (exact) mass is 438 g/mol. The first-order valence-corrected chi connectivity index (χ1v) is 9.90. The van der Waals surface area contributed by atoms with Crippen molar-refractivity contribution in [3.05, 3.63) is 99.9 Å². The number of nitrogen functional groups attached to an aromatic ring is 1. The Kier molecular flexibility index (Phi) is 11.1. The van der Waals surface area contributed by atoms with Crippen LogP contribution < -0.4 is 11.5 Å². The highest BCUT2D eigenvalue weighted by Gasteiger charge is 2.00. The molecule has 0 saturated heterocycles. The second-order valence-corrected chi connectivity index (χ2v) is 6.58. The standard InChI is InChI=1S/C9H12FN.C9H8FN.C7H5FN2/c2*1-2-7-5-9(10)4-3-8(7)6-11;8-6-2-1-5(4-9)7(10)3-6/h3-5H,2,6,11H2,1H3;3-5H,2H2,1H3;1-3H,10H2. The largest absolute Gasteiger partial charge is 0.398 e. The molecule has 0 saturated carbocycles. The van der Waals surface area contributed by atoms with E-state index in [1.807, 2.05) is 26.0 Å². The number of nitriles is 2. The second-order valence-electron chi connectivity index (χ2n) is 6.58. The number of hydrogen-bond acceptors (Lipinski definition) is 4. The number of rotatable bonds is 3. The maximum atomic E-state index is 12.6. The van der Waals surface area contributed by atoms with Crippen LogP contribution in [0.5, 0.6) is 0 Å². The summed E-state index contributed by atoms with van der Waals surface area (Å²) in [5.41, 5.74) is 14.6. The fourth-order valence-corrected chi connectivity index (χ4v) is 2.72. The minimum atomic E-state index is -0.420. The minimum Gasteiger partial charge on any atom is -0.398 e. The van der Waals surface area contributed by atoms with Gasteiger partial charge in [-0.05, 0) is 78.1 Å². The second kappa shape index (κ2) is 13.5. The molecule has 0 unspecified atom stereocenters. The number of benzene rings is 3. The molecule has 3 aromatic rings. The Hall–Kier alpha value is -3.81. The fraction of sp³-hybridized carbons (Fsp3) is 0.200. The van der Waals surface area contributed by atoms with E-state index in [0.29, 0.717) is 24.1 Å². The summed E-state index contributed by atoms with van der Waals surface area (Å²) in [6, 6.07) is 16.5. The van der Waals surface area contributed by atoms with E-state index in [1.165, 1.54) is 36.4 Å². The Morgan fingerprint density at radius 1 is 0.688 bits per heavy atom. The van der Waals surface area contributed by atoms with Crippen molar-refractivity contribution in [1.82, 2.24) is 0 Å². The van der Waals surface area contributed by atoms with Crippen LogP contribution in [0, 0.1) is 40.1 Å². The highest BCUT2D eigenvalue weighted by Crippen LogP contribution is 2.12. The van der Waals surface area contributed by atoms with E-state index in [2.05, 4.69) is 0 Å². The highest BCUT2D eigenvalue weighted by atomic mass is 19.1. The quantitative estimate of drug-likeness (QED) is 0.536. The molecule has 4 N–H and O–H groups in total. The van der Waals surface area contributed by atoms with Crippen LogP contribution in [-0.4, -0.2) is 0 Å². The predicted octanol–water partition coefficient (Wildman–Crippen LogP) is 5.39. The molecule has 3 rings (SSSR count). The highest BCUT2D eigenvalue weighted by molar-refractivity contribution is 5.53. The van der Waals surface area contributed by atoms with Crippen LogP contribution in [0.1, 0.15) is 41.7 Å². The van der Waals surface area contributed by atoms with Crippen LogP contribution in [0.4, 0.5) is 18.9 Å². The van der Waals surface area contributed by atoms with E-state index >= 15 is 0 Å². The molecule has 0 spiro atoms. The van der Waals surface area contributed by atoms with Crippen LogP contribution in [0.25, 0.3) is 0 Å². The average molecular weight is 438 g/mol. The normalized spacial score (nSPS) is 9.38. The Morgan fingerprint density at radius 3 is 1.62 bits per heavy atom. The molecule has 166 valence electrons. The van der Waals surface area contributed by atoms with Crippen LogP contribution in [0.3, 0.4) is 0 Å². The number of halogens is 3. The number of anilines is 1. The Labute approximate surface area is 186 Å². The van der Waals surface area contributed by atoms with Gasteiger partial charge in [0.2, 0.25) is 0 Å². The van der Waals surface area contributed by atoms with Crippen molar-refractivity contribution in [2.24, 2.45) is 5.73 Å². The fourth-order valence-electron chi connectivity index (χ4n) is 2.72. The van der Waals surface area contributed by atoms with Gasteiger partial charge in [0.1, 0.15) is 23.5 Å². The van der Waals surface area contributed by atoms with Crippen molar-refractivity contribution in [3.63, 3.8) is 0 Å². The SMILES string of the molecule is CCc1cc(F)ccc1C#N.CCc1cc(F)ccc1CN.N#Cc1ccc(F)cc1N. The van der Waals surface area contributed by atoms with Gasteiger partial charge in [-0.25, -0.2) is 13.2 Å². The lowest BCUT2D eigenvalue weighted by atomic mass is 10.1. The average Bonchev–Trinajstić information content (AvgIpc) is 2.79. The molecule has 7 heteroatoms. The lowest BCUT2D eigenvalue weighted by Gasteiger charge is -2.03. The van der Waals surface area contributed by atoms with Gasteiger partial charge in [0.25, 0.3) is 0 Å². The third-order valence-electron chi connectivity index (χ3n) is 4.47. The van der Waals surface area contributed by atoms with E-state index in [0.717, 1.165) is 29.2 Å². The molecule has 0 aliphatic heterocycles. The zero-order chi connectivity index (χ0) is 24.1. The van der Waals surface area contributed by atoms with Crippen molar-refractivity contribution < 1.29 is 13.2 Å². The van der Waals surface area contributed by atoms with Gasteiger partial charge < -0.3 is 11.5 Å². The molecular weight excluding hydrogens is 413 g/mol. The summed E-state index contributed by atoms with van der Waals surface area (Å²) in [4.78, 5) is 0. The summed E-state index contributed by atoms with van der Waals surface area (Å²) >= 11 is 0. The molecule has 0 heterocycles. The van der Waals surface area contributed by atoms with E-state index in [4.69, 9.17) is 22.0 Å². The molecule has 4 nitrogen and oxygen atoms in total. The minimum absolute atomic E-state index is 0.181. The Bertz CT molecular complexity index is 1120. The maximum Gasteiger partial charge on any atom is 0.125 e. The molecule has 0 radical (unpaired) electrons. The molecule has 3 aromatic carbocycles. The molecule has 32 heavy (non-hydrogen) atoms. The van der Waals surface area contributed by atoms with Gasteiger partial charge in [-0.15, -0.1) is 0 Å². The van der Waals surface area contributed by atoms with Gasteiger partial charge in [0, 0.05) is 6.54 Å². The molecule has 0 bridgehead atoms. The van der Waals surface area contributed by atoms with Gasteiger partial charge in [-0.1, -0.05) is 19.9 Å². The van der Waals surface area contributed by atoms with Crippen molar-refractivity contribution in [2.75, 3.05) is 5.73 Å². The topological polar surface area (TPSA) is 99.6 Å². The first kappa shape index (κ1) is 26.2. The molecule has 0 aliphatic carbocycles. The number of nitrogens with two attached hydrogens (primary N) is 2. The smallest absolute Gasteiger partial charge is 0.125 e. The van der Waals surface area contributed by atoms with Gasteiger partial charge in [-0.2, -0.15) is 10.5 Å². The molecule has 0 fully saturated rings. The van der Waals surface area contributed by atoms with Crippen molar-refractivity contribution in [3.8, 4) is 12.1 Å². The van der Waals surface area contributed by atoms with Gasteiger partial charge >= 0.3 is 0 Å². The number of aryl methyl sites for hydroxylation is 2. The summed E-state index contributed by atoms with van der Waals surface area (Å²) in [7, 11) is 0. The van der Waals surface area contributed by atoms with Gasteiger partial charge in [0.15, 0.2) is 0 Å². The summed E-state index contributed by atoms with van der Waals surface area (Å²) in [5, 5.41) is 16.9. The van der Waals surface area contributed by atoms with E-state index < -0.39 is 5.82 Å². The summed E-state index contributed by atoms with van der Waals surface area (Å²) in [6.07, 6.45) is 1.53. The zero-order valence-electron chi connectivity index (χ0n) is 18.0. The van der Waals surface area contributed by atoms with Crippen molar-refractivity contribution >= 4 is 5.69 Å². The molecule has 0 atom stereocenters. The third-order valence-corrected chi connectivity index (χ3v) is 4.47. The van der Waals surface area contributed by atoms with Crippen LogP contribution >= 0.6 is 0 Å². The van der Waals surface area contributed by atoms with Crippen molar-refractivity contribution in [1.29, 1.82) is 10.5 Å². The third kappa shape index (κ3) is 8.14. The molecule has 0 amide bonds. The van der Waals surface area contributed by atoms with E-state index in [9.17, 15) is 13.2 Å². The number of hydrogen-bond donors (Lipinski definition) is 2. The van der Waals surface area contributed by atoms with Crippen LogP contribution in [-0.2, 0) is 19.4 Å². The summed E-state index contributed by atoms with van der Waals surface area (Å²) in [6.45, 7) is 4.38. The van der Waals surface area contributed by atoms with Crippen LogP contribution in [0.2, 0.25) is 0 Å². The molecule has 0 aromatic heterocycles. The summed E-state index contributed by atoms with van der Waals surface area (Å²) in [5.74, 6) is -0.878. The Morgan fingerprint density at radius 2 is 1.16 bits per heavy atom. The zero-order valence-corrected chi connectivity index (χ0v) is 18.0. The molecular formula is C25H25F3N4. The predicted molar refractivity (Wildman–Crippen MR) is 120 cm³/mol. The molecule has 0 aliphatic rings. The maximum absolute atomic E-state index is 12.6. The van der Waals surface area contributed by atoms with E-state index in [-0.39, 0.29) is 17.3 Å². The lowest BCUT2D eigenvalue weighted by molar-refractivity contribution is 0.624. The summed E-state index contributed by atoms with van der Waals surface area (Å²) < 4.78 is 37.5. The first-order chi connectivity index (χ1) is 15.3. The Balaban J connectivity index is 0.000000240. The van der Waals surface area contributed by atoms with Gasteiger partial charge in [-0.3, -0.25) is 0 Å². The van der Waals surface area contributed by atoms with Crippen molar-refractivity contribution in [2.45, 2.75) is 33.2 Å². The lowest BCUT2D eigenvalue weighted by Crippen LogP contribution is -2.00. The number of nitrogens with zero attached hydrogens (tertiary/aromatic N) is 2.